The van der Waals surface area contributed by atoms with Gasteiger partial charge in [-0.25, -0.2) is 9.97 Å². The molecule has 0 radical (unpaired) electrons. The smallest absolute Gasteiger partial charge is 0.180 e. The second-order valence-corrected chi connectivity index (χ2v) is 4.61. The molecular weight excluding hydrogens is 232 g/mol. The molecular formula is C12H10N4S. The van der Waals surface area contributed by atoms with Crippen molar-refractivity contribution >= 4 is 16.5 Å². The fourth-order valence-electron chi connectivity index (χ4n) is 1.72. The SMILES string of the molecule is Nc1ncc(-c2ccccc2-n2ccnc2)s1. The normalized spacial score (nSPS) is 10.6. The van der Waals surface area contributed by atoms with E-state index in [0.29, 0.717) is 5.13 Å². The predicted octanol–water partition coefficient (Wildman–Crippen LogP) is 2.58. The van der Waals surface area contributed by atoms with Gasteiger partial charge in [-0.3, -0.25) is 0 Å². The maximum Gasteiger partial charge on any atom is 0.180 e. The Labute approximate surface area is 102 Å². The summed E-state index contributed by atoms with van der Waals surface area (Å²) in [6.07, 6.45) is 7.26. The molecule has 2 heterocycles. The molecule has 4 nitrogen and oxygen atoms in total. The number of para-hydroxylation sites is 1. The largest absolute Gasteiger partial charge is 0.375 e. The molecule has 0 amide bonds. The third-order valence-electron chi connectivity index (χ3n) is 2.48. The second kappa shape index (κ2) is 4.03. The predicted molar refractivity (Wildman–Crippen MR) is 69.1 cm³/mol. The van der Waals surface area contributed by atoms with Crippen LogP contribution in [0.15, 0.2) is 49.2 Å². The van der Waals surface area contributed by atoms with Crippen LogP contribution < -0.4 is 5.73 Å². The van der Waals surface area contributed by atoms with Crippen LogP contribution in [0.5, 0.6) is 0 Å². The molecule has 0 atom stereocenters. The number of nitrogen functional groups attached to an aromatic ring is 1. The summed E-state index contributed by atoms with van der Waals surface area (Å²) in [5.41, 5.74) is 7.86. The molecule has 3 aromatic rings. The van der Waals surface area contributed by atoms with Crippen LogP contribution in [0.4, 0.5) is 5.13 Å². The summed E-state index contributed by atoms with van der Waals surface area (Å²) >= 11 is 1.49. The average Bonchev–Trinajstić information content (AvgIpc) is 3.00. The minimum atomic E-state index is 0.584. The molecule has 2 aromatic heterocycles. The molecule has 0 aliphatic heterocycles. The molecule has 17 heavy (non-hydrogen) atoms. The minimum Gasteiger partial charge on any atom is -0.375 e. The van der Waals surface area contributed by atoms with Crippen molar-refractivity contribution in [2.75, 3.05) is 5.73 Å². The highest BCUT2D eigenvalue weighted by Gasteiger charge is 2.08. The van der Waals surface area contributed by atoms with Gasteiger partial charge in [-0.2, -0.15) is 0 Å². The zero-order valence-electron chi connectivity index (χ0n) is 8.95. The second-order valence-electron chi connectivity index (χ2n) is 3.55. The lowest BCUT2D eigenvalue weighted by molar-refractivity contribution is 1.06. The number of nitrogens with zero attached hydrogens (tertiary/aromatic N) is 3. The van der Waals surface area contributed by atoms with Crippen LogP contribution in [0.1, 0.15) is 0 Å². The highest BCUT2D eigenvalue weighted by molar-refractivity contribution is 7.18. The van der Waals surface area contributed by atoms with Crippen molar-refractivity contribution in [3.8, 4) is 16.1 Å². The summed E-state index contributed by atoms with van der Waals surface area (Å²) in [6.45, 7) is 0. The molecule has 0 bridgehead atoms. The topological polar surface area (TPSA) is 56.7 Å². The third-order valence-corrected chi connectivity index (χ3v) is 3.34. The standard InChI is InChI=1S/C12H10N4S/c13-12-15-7-11(17-12)9-3-1-2-4-10(9)16-6-5-14-8-16/h1-8H,(H2,13,15). The Hall–Kier alpha value is -2.14. The van der Waals surface area contributed by atoms with Gasteiger partial charge in [-0.1, -0.05) is 29.5 Å². The van der Waals surface area contributed by atoms with Crippen LogP contribution in [0.25, 0.3) is 16.1 Å². The number of anilines is 1. The van der Waals surface area contributed by atoms with E-state index in [9.17, 15) is 0 Å². The maximum absolute atomic E-state index is 5.67. The van der Waals surface area contributed by atoms with Gasteiger partial charge >= 0.3 is 0 Å². The highest BCUT2D eigenvalue weighted by Crippen LogP contribution is 2.31. The van der Waals surface area contributed by atoms with Gasteiger partial charge < -0.3 is 10.3 Å². The lowest BCUT2D eigenvalue weighted by Gasteiger charge is -2.07. The molecule has 0 saturated heterocycles. The number of imidazole rings is 1. The van der Waals surface area contributed by atoms with E-state index in [2.05, 4.69) is 16.0 Å². The summed E-state index contributed by atoms with van der Waals surface area (Å²) in [4.78, 5) is 9.21. The molecule has 1 aromatic carbocycles. The number of thiazole rings is 1. The van der Waals surface area contributed by atoms with Gasteiger partial charge in [0.15, 0.2) is 5.13 Å². The van der Waals surface area contributed by atoms with Crippen LogP contribution >= 0.6 is 11.3 Å². The molecule has 0 aliphatic carbocycles. The van der Waals surface area contributed by atoms with Crippen molar-refractivity contribution in [1.29, 1.82) is 0 Å². The van der Waals surface area contributed by atoms with E-state index in [-0.39, 0.29) is 0 Å². The molecule has 2 N–H and O–H groups in total. The molecule has 0 unspecified atom stereocenters. The van der Waals surface area contributed by atoms with E-state index >= 15 is 0 Å². The van der Waals surface area contributed by atoms with Crippen LogP contribution in [0, 0.1) is 0 Å². The lowest BCUT2D eigenvalue weighted by Crippen LogP contribution is -1.92. The van der Waals surface area contributed by atoms with Crippen molar-refractivity contribution in [1.82, 2.24) is 14.5 Å². The third kappa shape index (κ3) is 1.81. The quantitative estimate of drug-likeness (QED) is 0.751. The lowest BCUT2D eigenvalue weighted by atomic mass is 10.1. The average molecular weight is 242 g/mol. The molecule has 0 fully saturated rings. The Bertz CT molecular complexity index is 628. The van der Waals surface area contributed by atoms with Gasteiger partial charge in [0.25, 0.3) is 0 Å². The Kier molecular flexibility index (Phi) is 2.38. The molecule has 0 aliphatic rings. The van der Waals surface area contributed by atoms with Gasteiger partial charge in [-0.15, -0.1) is 0 Å². The maximum atomic E-state index is 5.67. The van der Waals surface area contributed by atoms with E-state index in [4.69, 9.17) is 5.73 Å². The van der Waals surface area contributed by atoms with E-state index in [1.54, 1.807) is 18.7 Å². The van der Waals surface area contributed by atoms with Crippen molar-refractivity contribution in [3.63, 3.8) is 0 Å². The van der Waals surface area contributed by atoms with Crippen molar-refractivity contribution in [2.45, 2.75) is 0 Å². The van der Waals surface area contributed by atoms with E-state index in [0.717, 1.165) is 16.1 Å². The fourth-order valence-corrected chi connectivity index (χ4v) is 2.44. The van der Waals surface area contributed by atoms with Crippen LogP contribution in [-0.4, -0.2) is 14.5 Å². The van der Waals surface area contributed by atoms with Crippen molar-refractivity contribution in [3.05, 3.63) is 49.2 Å². The van der Waals surface area contributed by atoms with Gasteiger partial charge in [0.2, 0.25) is 0 Å². The van der Waals surface area contributed by atoms with Crippen LogP contribution in [-0.2, 0) is 0 Å². The Morgan fingerprint density at radius 3 is 2.82 bits per heavy atom. The Balaban J connectivity index is 2.17. The summed E-state index contributed by atoms with van der Waals surface area (Å²) < 4.78 is 1.98. The first-order valence-corrected chi connectivity index (χ1v) is 5.95. The molecule has 0 saturated carbocycles. The van der Waals surface area contributed by atoms with Gasteiger partial charge in [0.1, 0.15) is 0 Å². The fraction of sp³-hybridized carbons (Fsp3) is 0. The zero-order valence-corrected chi connectivity index (χ0v) is 9.76. The van der Waals surface area contributed by atoms with Crippen molar-refractivity contribution < 1.29 is 0 Å². The number of rotatable bonds is 2. The summed E-state index contributed by atoms with van der Waals surface area (Å²) in [5.74, 6) is 0. The number of aromatic nitrogens is 3. The monoisotopic (exact) mass is 242 g/mol. The van der Waals surface area contributed by atoms with Gasteiger partial charge in [0, 0.05) is 24.2 Å². The van der Waals surface area contributed by atoms with Gasteiger partial charge in [0.05, 0.1) is 16.9 Å². The molecule has 84 valence electrons. The molecule has 0 spiro atoms. The Morgan fingerprint density at radius 1 is 1.24 bits per heavy atom. The van der Waals surface area contributed by atoms with Gasteiger partial charge in [-0.05, 0) is 6.07 Å². The van der Waals surface area contributed by atoms with Crippen LogP contribution in [0.3, 0.4) is 0 Å². The first-order valence-electron chi connectivity index (χ1n) is 5.13. The van der Waals surface area contributed by atoms with Crippen LogP contribution in [0.2, 0.25) is 0 Å². The highest BCUT2D eigenvalue weighted by atomic mass is 32.1. The molecule has 5 heteroatoms. The minimum absolute atomic E-state index is 0.584. The number of benzene rings is 1. The summed E-state index contributed by atoms with van der Waals surface area (Å²) in [5, 5.41) is 0.584. The first kappa shape index (κ1) is 10.0. The zero-order chi connectivity index (χ0) is 11.7. The molecule has 3 rings (SSSR count). The van der Waals surface area contributed by atoms with E-state index < -0.39 is 0 Å². The Morgan fingerprint density at radius 2 is 2.12 bits per heavy atom. The number of hydrogen-bond donors (Lipinski definition) is 1. The first-order chi connectivity index (χ1) is 8.34. The number of hydrogen-bond acceptors (Lipinski definition) is 4. The van der Waals surface area contributed by atoms with Crippen molar-refractivity contribution in [2.24, 2.45) is 0 Å². The van der Waals surface area contributed by atoms with E-state index in [1.807, 2.05) is 29.0 Å². The summed E-state index contributed by atoms with van der Waals surface area (Å²) in [6, 6.07) is 8.12. The number of nitrogens with two attached hydrogens (primary N) is 1. The summed E-state index contributed by atoms with van der Waals surface area (Å²) in [7, 11) is 0. The van der Waals surface area contributed by atoms with E-state index in [1.165, 1.54) is 11.3 Å².